The Morgan fingerprint density at radius 1 is 1.08 bits per heavy atom. The number of hydrogen-bond donors (Lipinski definition) is 1. The molecule has 0 spiro atoms. The summed E-state index contributed by atoms with van der Waals surface area (Å²) in [6, 6.07) is 16.7. The third kappa shape index (κ3) is 6.44. The van der Waals surface area contributed by atoms with Gasteiger partial charge in [0, 0.05) is 23.6 Å². The first-order chi connectivity index (χ1) is 18.1. The molecule has 0 bridgehead atoms. The van der Waals surface area contributed by atoms with Gasteiger partial charge in [-0.15, -0.1) is 10.2 Å². The molecule has 11 heteroatoms. The molecule has 190 valence electrons. The Morgan fingerprint density at radius 3 is 2.59 bits per heavy atom. The summed E-state index contributed by atoms with van der Waals surface area (Å²) in [6.07, 6.45) is 4.95. The third-order valence-electron chi connectivity index (χ3n) is 5.10. The van der Waals surface area contributed by atoms with Crippen molar-refractivity contribution in [3.63, 3.8) is 0 Å². The van der Waals surface area contributed by atoms with E-state index >= 15 is 0 Å². The zero-order valence-corrected chi connectivity index (χ0v) is 21.4. The fourth-order valence-corrected chi connectivity index (χ4v) is 4.15. The molecule has 0 atom stereocenters. The summed E-state index contributed by atoms with van der Waals surface area (Å²) >= 11 is 1.25. The molecule has 37 heavy (non-hydrogen) atoms. The first-order valence-electron chi connectivity index (χ1n) is 11.4. The van der Waals surface area contributed by atoms with Gasteiger partial charge < -0.3 is 14.2 Å². The third-order valence-corrected chi connectivity index (χ3v) is 6.03. The lowest BCUT2D eigenvalue weighted by Crippen LogP contribution is -2.20. The van der Waals surface area contributed by atoms with Gasteiger partial charge in [0.15, 0.2) is 22.5 Å². The Kier molecular flexibility index (Phi) is 8.71. The number of thioether (sulfide) groups is 1. The minimum atomic E-state index is -0.286. The molecule has 2 aromatic heterocycles. The van der Waals surface area contributed by atoms with Crippen molar-refractivity contribution >= 4 is 23.9 Å². The van der Waals surface area contributed by atoms with Crippen LogP contribution in [0.1, 0.15) is 12.5 Å². The normalized spacial score (nSPS) is 10.9. The number of carbonyl (C=O) groups is 1. The molecule has 0 saturated carbocycles. The average molecular weight is 519 g/mol. The summed E-state index contributed by atoms with van der Waals surface area (Å²) in [7, 11) is 3.13. The number of hydrogen-bond acceptors (Lipinski definition) is 9. The van der Waals surface area contributed by atoms with E-state index in [-0.39, 0.29) is 11.7 Å². The van der Waals surface area contributed by atoms with E-state index in [0.717, 1.165) is 22.6 Å². The molecule has 0 fully saturated rings. The van der Waals surface area contributed by atoms with E-state index < -0.39 is 0 Å². The fourth-order valence-electron chi connectivity index (χ4n) is 3.41. The maximum Gasteiger partial charge on any atom is 0.250 e. The van der Waals surface area contributed by atoms with E-state index in [4.69, 9.17) is 14.2 Å². The number of amides is 1. The molecule has 2 heterocycles. The van der Waals surface area contributed by atoms with Gasteiger partial charge in [-0.25, -0.2) is 5.43 Å². The lowest BCUT2D eigenvalue weighted by atomic mass is 10.2. The smallest absolute Gasteiger partial charge is 0.250 e. The molecule has 4 aromatic rings. The number of nitrogens with one attached hydrogen (secondary N) is 1. The van der Waals surface area contributed by atoms with Crippen molar-refractivity contribution in [3.05, 3.63) is 72.6 Å². The van der Waals surface area contributed by atoms with Crippen molar-refractivity contribution in [3.8, 4) is 34.3 Å². The van der Waals surface area contributed by atoms with E-state index in [1.54, 1.807) is 38.7 Å². The number of benzene rings is 2. The largest absolute Gasteiger partial charge is 0.494 e. The van der Waals surface area contributed by atoms with Gasteiger partial charge in [0.2, 0.25) is 0 Å². The Morgan fingerprint density at radius 2 is 1.89 bits per heavy atom. The summed E-state index contributed by atoms with van der Waals surface area (Å²) in [6.45, 7) is 2.52. The van der Waals surface area contributed by atoms with Crippen LogP contribution in [0.15, 0.2) is 77.2 Å². The number of aromatic nitrogens is 4. The maximum atomic E-state index is 12.5. The molecular weight excluding hydrogens is 492 g/mol. The summed E-state index contributed by atoms with van der Waals surface area (Å²) in [5, 5.41) is 13.3. The molecule has 0 aliphatic heterocycles. The van der Waals surface area contributed by atoms with Crippen LogP contribution in [-0.4, -0.2) is 58.4 Å². The van der Waals surface area contributed by atoms with Crippen LogP contribution >= 0.6 is 11.8 Å². The van der Waals surface area contributed by atoms with Gasteiger partial charge in [0.05, 0.1) is 32.8 Å². The number of nitrogens with zero attached hydrogens (tertiary/aromatic N) is 5. The van der Waals surface area contributed by atoms with Crippen molar-refractivity contribution in [2.24, 2.45) is 5.10 Å². The number of carbonyl (C=O) groups excluding carboxylic acids is 1. The lowest BCUT2D eigenvalue weighted by Gasteiger charge is -2.11. The predicted octanol–water partition coefficient (Wildman–Crippen LogP) is 3.99. The number of pyridine rings is 1. The second-order valence-corrected chi connectivity index (χ2v) is 8.45. The Bertz CT molecular complexity index is 1360. The molecular formula is C26H26N6O4S. The van der Waals surface area contributed by atoms with Crippen molar-refractivity contribution in [2.75, 3.05) is 26.6 Å². The maximum absolute atomic E-state index is 12.5. The highest BCUT2D eigenvalue weighted by atomic mass is 32.2. The van der Waals surface area contributed by atoms with Gasteiger partial charge in [0.1, 0.15) is 5.75 Å². The summed E-state index contributed by atoms with van der Waals surface area (Å²) in [4.78, 5) is 16.7. The average Bonchev–Trinajstić information content (AvgIpc) is 3.37. The van der Waals surface area contributed by atoms with Crippen LogP contribution in [0.25, 0.3) is 17.1 Å². The molecule has 2 aromatic carbocycles. The van der Waals surface area contributed by atoms with Crippen LogP contribution in [0.5, 0.6) is 17.2 Å². The number of ether oxygens (including phenoxy) is 3. The number of rotatable bonds is 11. The first kappa shape index (κ1) is 25.7. The van der Waals surface area contributed by atoms with Gasteiger partial charge in [-0.3, -0.25) is 14.3 Å². The van der Waals surface area contributed by atoms with Gasteiger partial charge in [-0.05, 0) is 67.1 Å². The first-order valence-corrected chi connectivity index (χ1v) is 12.4. The number of hydrazone groups is 1. The predicted molar refractivity (Wildman–Crippen MR) is 142 cm³/mol. The SMILES string of the molecule is CCOc1ccc(-n2c(SCC(=O)NN=Cc3ccc(OC)c(OC)c3)nnc2-c2cccnc2)cc1. The highest BCUT2D eigenvalue weighted by Crippen LogP contribution is 2.29. The number of methoxy groups -OCH3 is 2. The molecule has 1 N–H and O–H groups in total. The Hall–Kier alpha value is -4.38. The molecule has 1 amide bonds. The minimum Gasteiger partial charge on any atom is -0.494 e. The van der Waals surface area contributed by atoms with Gasteiger partial charge in [0.25, 0.3) is 5.91 Å². The second kappa shape index (κ2) is 12.5. The van der Waals surface area contributed by atoms with E-state index in [9.17, 15) is 4.79 Å². The van der Waals surface area contributed by atoms with E-state index in [1.807, 2.05) is 54.0 Å². The Balaban J connectivity index is 1.47. The standard InChI is InChI=1S/C26H26N6O4S/c1-4-36-21-10-8-20(9-11-21)32-25(19-6-5-13-27-16-19)30-31-26(32)37-17-24(33)29-28-15-18-7-12-22(34-2)23(14-18)35-3/h5-16H,4,17H2,1-3H3,(H,29,33). The fraction of sp³-hybridized carbons (Fsp3) is 0.192. The van der Waals surface area contributed by atoms with Crippen molar-refractivity contribution in [1.82, 2.24) is 25.2 Å². The molecule has 0 radical (unpaired) electrons. The molecule has 4 rings (SSSR count). The minimum absolute atomic E-state index is 0.0888. The molecule has 0 aliphatic carbocycles. The van der Waals surface area contributed by atoms with Gasteiger partial charge in [-0.1, -0.05) is 11.8 Å². The summed E-state index contributed by atoms with van der Waals surface area (Å²) in [5.74, 6) is 2.38. The van der Waals surface area contributed by atoms with Gasteiger partial charge >= 0.3 is 0 Å². The highest BCUT2D eigenvalue weighted by Gasteiger charge is 2.17. The van der Waals surface area contributed by atoms with Gasteiger partial charge in [-0.2, -0.15) is 5.10 Å². The van der Waals surface area contributed by atoms with Crippen LogP contribution in [0, 0.1) is 0 Å². The lowest BCUT2D eigenvalue weighted by molar-refractivity contribution is -0.118. The van der Waals surface area contributed by atoms with Crippen molar-refractivity contribution < 1.29 is 19.0 Å². The molecule has 10 nitrogen and oxygen atoms in total. The van der Waals surface area contributed by atoms with Crippen LogP contribution in [0.2, 0.25) is 0 Å². The molecule has 0 saturated heterocycles. The second-order valence-electron chi connectivity index (χ2n) is 7.51. The van der Waals surface area contributed by atoms with Crippen LogP contribution in [-0.2, 0) is 4.79 Å². The highest BCUT2D eigenvalue weighted by molar-refractivity contribution is 7.99. The van der Waals surface area contributed by atoms with Crippen LogP contribution < -0.4 is 19.6 Å². The summed E-state index contributed by atoms with van der Waals surface area (Å²) < 4.78 is 18.0. The molecule has 0 unspecified atom stereocenters. The van der Waals surface area contributed by atoms with E-state index in [0.29, 0.717) is 29.1 Å². The topological polar surface area (TPSA) is 113 Å². The zero-order chi connectivity index (χ0) is 26.0. The molecule has 0 aliphatic rings. The zero-order valence-electron chi connectivity index (χ0n) is 20.6. The monoisotopic (exact) mass is 518 g/mol. The van der Waals surface area contributed by atoms with E-state index in [1.165, 1.54) is 18.0 Å². The Labute approximate surface area is 218 Å². The van der Waals surface area contributed by atoms with E-state index in [2.05, 4.69) is 25.7 Å². The van der Waals surface area contributed by atoms with Crippen LogP contribution in [0.4, 0.5) is 0 Å². The summed E-state index contributed by atoms with van der Waals surface area (Å²) in [5.41, 5.74) is 4.93. The quantitative estimate of drug-likeness (QED) is 0.180. The van der Waals surface area contributed by atoms with Crippen molar-refractivity contribution in [2.45, 2.75) is 12.1 Å². The van der Waals surface area contributed by atoms with Crippen molar-refractivity contribution in [1.29, 1.82) is 0 Å². The van der Waals surface area contributed by atoms with Crippen LogP contribution in [0.3, 0.4) is 0 Å².